The molecule has 1 aliphatic heterocycles. The van der Waals surface area contributed by atoms with Crippen LogP contribution in [0, 0.1) is 0 Å². The maximum absolute atomic E-state index is 12.8. The molecule has 5 heteroatoms. The highest BCUT2D eigenvalue weighted by molar-refractivity contribution is 5.79. The van der Waals surface area contributed by atoms with Gasteiger partial charge in [0, 0.05) is 19.1 Å². The van der Waals surface area contributed by atoms with Crippen molar-refractivity contribution in [3.05, 3.63) is 29.8 Å². The molecule has 1 amide bonds. The van der Waals surface area contributed by atoms with Gasteiger partial charge in [-0.2, -0.15) is 0 Å². The van der Waals surface area contributed by atoms with Gasteiger partial charge in [0.1, 0.15) is 5.75 Å². The molecule has 1 fully saturated rings. The van der Waals surface area contributed by atoms with E-state index in [9.17, 15) is 9.90 Å². The predicted octanol–water partition coefficient (Wildman–Crippen LogP) is 2.45. The van der Waals surface area contributed by atoms with Crippen LogP contribution in [-0.2, 0) is 4.79 Å². The lowest BCUT2D eigenvalue weighted by molar-refractivity contribution is -0.134. The molecule has 1 aliphatic rings. The Morgan fingerprint density at radius 1 is 1.33 bits per heavy atom. The van der Waals surface area contributed by atoms with Crippen molar-refractivity contribution in [2.45, 2.75) is 51.8 Å². The largest absolute Gasteiger partial charge is 0.497 e. The summed E-state index contributed by atoms with van der Waals surface area (Å²) >= 11 is 0. The third kappa shape index (κ3) is 4.71. The first-order valence-electron chi connectivity index (χ1n) is 8.78. The molecule has 24 heavy (non-hydrogen) atoms. The van der Waals surface area contributed by atoms with Gasteiger partial charge in [-0.25, -0.2) is 0 Å². The Balaban J connectivity index is 2.06. The summed E-state index contributed by atoms with van der Waals surface area (Å²) < 4.78 is 5.21. The predicted molar refractivity (Wildman–Crippen MR) is 95.1 cm³/mol. The van der Waals surface area contributed by atoms with Crippen molar-refractivity contribution in [2.75, 3.05) is 26.7 Å². The summed E-state index contributed by atoms with van der Waals surface area (Å²) in [6, 6.07) is 8.36. The van der Waals surface area contributed by atoms with Crippen LogP contribution < -0.4 is 4.74 Å². The molecule has 0 aromatic heterocycles. The zero-order chi connectivity index (χ0) is 17.7. The minimum atomic E-state index is -0.434. The van der Waals surface area contributed by atoms with Gasteiger partial charge in [-0.1, -0.05) is 12.1 Å². The molecule has 0 bridgehead atoms. The van der Waals surface area contributed by atoms with Crippen molar-refractivity contribution in [3.63, 3.8) is 0 Å². The molecule has 1 aromatic rings. The highest BCUT2D eigenvalue weighted by atomic mass is 16.5. The number of benzene rings is 1. The number of carbonyl (C=O) groups excluding carboxylic acids is 1. The number of hydrogen-bond acceptors (Lipinski definition) is 4. The molecule has 0 radical (unpaired) electrons. The van der Waals surface area contributed by atoms with Crippen molar-refractivity contribution in [2.24, 2.45) is 0 Å². The van der Waals surface area contributed by atoms with Crippen LogP contribution in [-0.4, -0.2) is 59.7 Å². The van der Waals surface area contributed by atoms with Crippen LogP contribution >= 0.6 is 0 Å². The van der Waals surface area contributed by atoms with Gasteiger partial charge in [0.2, 0.25) is 5.91 Å². The molecular weight excluding hydrogens is 304 g/mol. The summed E-state index contributed by atoms with van der Waals surface area (Å²) in [7, 11) is 1.66. The Kier molecular flexibility index (Phi) is 6.63. The lowest BCUT2D eigenvalue weighted by Gasteiger charge is -2.31. The number of aliphatic hydroxyl groups excluding tert-OH is 1. The number of aliphatic hydroxyl groups is 1. The number of methoxy groups -OCH3 is 1. The Morgan fingerprint density at radius 2 is 2.00 bits per heavy atom. The lowest BCUT2D eigenvalue weighted by atomic mass is 10.0. The normalized spacial score (nSPS) is 19.1. The molecular formula is C19H30N2O3. The fourth-order valence-corrected chi connectivity index (χ4v) is 3.30. The molecule has 0 spiro atoms. The van der Waals surface area contributed by atoms with Gasteiger partial charge >= 0.3 is 0 Å². The zero-order valence-corrected chi connectivity index (χ0v) is 15.2. The van der Waals surface area contributed by atoms with Crippen molar-refractivity contribution >= 4 is 5.91 Å². The number of carbonyl (C=O) groups is 1. The lowest BCUT2D eigenvalue weighted by Crippen LogP contribution is -2.45. The minimum Gasteiger partial charge on any atom is -0.497 e. The monoisotopic (exact) mass is 334 g/mol. The molecule has 1 aromatic carbocycles. The molecule has 1 heterocycles. The number of amides is 1. The Morgan fingerprint density at radius 3 is 2.54 bits per heavy atom. The fourth-order valence-electron chi connectivity index (χ4n) is 3.30. The fraction of sp³-hybridized carbons (Fsp3) is 0.632. The van der Waals surface area contributed by atoms with Crippen LogP contribution in [0.3, 0.4) is 0 Å². The number of likely N-dealkylation sites (tertiary alicyclic amines) is 1. The van der Waals surface area contributed by atoms with Crippen LogP contribution in [0.5, 0.6) is 5.75 Å². The van der Waals surface area contributed by atoms with Crippen molar-refractivity contribution < 1.29 is 14.6 Å². The molecule has 1 N–H and O–H groups in total. The summed E-state index contributed by atoms with van der Waals surface area (Å²) in [4.78, 5) is 16.8. The van der Waals surface area contributed by atoms with Crippen LogP contribution in [0.25, 0.3) is 0 Å². The first-order valence-corrected chi connectivity index (χ1v) is 8.78. The Labute approximate surface area is 145 Å². The van der Waals surface area contributed by atoms with E-state index in [1.807, 2.05) is 34.1 Å². The van der Waals surface area contributed by atoms with E-state index in [0.717, 1.165) is 30.7 Å². The third-order valence-electron chi connectivity index (χ3n) is 4.64. The standard InChI is InChI=1S/C19H30N2O3/c1-14(2)20(12-15(3)22)13-19(23)21-11-5-6-18(21)16-7-9-17(24-4)10-8-16/h7-10,14-15,18,22H,5-6,11-13H2,1-4H3. The summed E-state index contributed by atoms with van der Waals surface area (Å²) in [5, 5.41) is 9.65. The maximum atomic E-state index is 12.8. The van der Waals surface area contributed by atoms with Gasteiger partial charge < -0.3 is 14.7 Å². The second-order valence-electron chi connectivity index (χ2n) is 6.89. The van der Waals surface area contributed by atoms with E-state index in [4.69, 9.17) is 4.74 Å². The van der Waals surface area contributed by atoms with Crippen LogP contribution in [0.2, 0.25) is 0 Å². The SMILES string of the molecule is COc1ccc(C2CCCN2C(=O)CN(CC(C)O)C(C)C)cc1. The number of nitrogens with zero attached hydrogens (tertiary/aromatic N) is 2. The Bertz CT molecular complexity index is 528. The van der Waals surface area contributed by atoms with E-state index < -0.39 is 6.10 Å². The minimum absolute atomic E-state index is 0.141. The Hall–Kier alpha value is -1.59. The highest BCUT2D eigenvalue weighted by Gasteiger charge is 2.31. The number of rotatable bonds is 7. The van der Waals surface area contributed by atoms with Crippen molar-refractivity contribution in [1.82, 2.24) is 9.80 Å². The molecule has 2 rings (SSSR count). The van der Waals surface area contributed by atoms with Crippen molar-refractivity contribution in [1.29, 1.82) is 0 Å². The van der Waals surface area contributed by atoms with E-state index in [1.54, 1.807) is 14.0 Å². The van der Waals surface area contributed by atoms with Crippen LogP contribution in [0.4, 0.5) is 0 Å². The van der Waals surface area contributed by atoms with Gasteiger partial charge in [-0.15, -0.1) is 0 Å². The van der Waals surface area contributed by atoms with Gasteiger partial charge in [0.15, 0.2) is 0 Å². The van der Waals surface area contributed by atoms with Crippen LogP contribution in [0.1, 0.15) is 45.2 Å². The van der Waals surface area contributed by atoms with E-state index in [-0.39, 0.29) is 18.0 Å². The van der Waals surface area contributed by atoms with Gasteiger partial charge in [0.05, 0.1) is 25.8 Å². The molecule has 0 aliphatic carbocycles. The quantitative estimate of drug-likeness (QED) is 0.832. The summed E-state index contributed by atoms with van der Waals surface area (Å²) in [6.07, 6.45) is 1.59. The summed E-state index contributed by atoms with van der Waals surface area (Å²) in [5.41, 5.74) is 1.16. The second-order valence-corrected chi connectivity index (χ2v) is 6.89. The van der Waals surface area contributed by atoms with Crippen LogP contribution in [0.15, 0.2) is 24.3 Å². The molecule has 5 nitrogen and oxygen atoms in total. The first-order chi connectivity index (χ1) is 11.4. The second kappa shape index (κ2) is 8.49. The van der Waals surface area contributed by atoms with Gasteiger partial charge in [-0.3, -0.25) is 9.69 Å². The number of ether oxygens (including phenoxy) is 1. The molecule has 134 valence electrons. The number of hydrogen-bond donors (Lipinski definition) is 1. The van der Waals surface area contributed by atoms with E-state index >= 15 is 0 Å². The average Bonchev–Trinajstić information content (AvgIpc) is 3.03. The average molecular weight is 334 g/mol. The first kappa shape index (κ1) is 18.7. The molecule has 2 atom stereocenters. The van der Waals surface area contributed by atoms with Gasteiger partial charge in [-0.05, 0) is 51.3 Å². The smallest absolute Gasteiger partial charge is 0.237 e. The van der Waals surface area contributed by atoms with E-state index in [2.05, 4.69) is 13.8 Å². The highest BCUT2D eigenvalue weighted by Crippen LogP contribution is 2.32. The van der Waals surface area contributed by atoms with Crippen molar-refractivity contribution in [3.8, 4) is 5.75 Å². The molecule has 2 unspecified atom stereocenters. The molecule has 1 saturated heterocycles. The zero-order valence-electron chi connectivity index (χ0n) is 15.2. The summed E-state index contributed by atoms with van der Waals surface area (Å²) in [5.74, 6) is 0.972. The third-order valence-corrected chi connectivity index (χ3v) is 4.64. The van der Waals surface area contributed by atoms with E-state index in [1.165, 1.54) is 0 Å². The van der Waals surface area contributed by atoms with Gasteiger partial charge in [0.25, 0.3) is 0 Å². The van der Waals surface area contributed by atoms with E-state index in [0.29, 0.717) is 13.1 Å². The maximum Gasteiger partial charge on any atom is 0.237 e. The summed E-state index contributed by atoms with van der Waals surface area (Å²) in [6.45, 7) is 7.55. The molecule has 0 saturated carbocycles. The topological polar surface area (TPSA) is 53.0 Å².